The van der Waals surface area contributed by atoms with Crippen molar-refractivity contribution < 1.29 is 0 Å². The lowest BCUT2D eigenvalue weighted by Crippen LogP contribution is -2.51. The van der Waals surface area contributed by atoms with Crippen LogP contribution in [0, 0.1) is 10.8 Å². The van der Waals surface area contributed by atoms with Crippen LogP contribution in [0.1, 0.15) is 47.0 Å². The van der Waals surface area contributed by atoms with E-state index >= 15 is 0 Å². The molecule has 1 rings (SSSR count). The van der Waals surface area contributed by atoms with Crippen LogP contribution in [0.25, 0.3) is 0 Å². The van der Waals surface area contributed by atoms with Crippen molar-refractivity contribution in [3.05, 3.63) is 0 Å². The minimum Gasteiger partial charge on any atom is -0.316 e. The van der Waals surface area contributed by atoms with Crippen molar-refractivity contribution in [3.8, 4) is 0 Å². The van der Waals surface area contributed by atoms with Crippen molar-refractivity contribution in [2.45, 2.75) is 47.0 Å². The van der Waals surface area contributed by atoms with Gasteiger partial charge in [-0.2, -0.15) is 0 Å². The Bertz CT molecular complexity index is 134. The molecule has 72 valence electrons. The molecule has 1 heterocycles. The highest BCUT2D eigenvalue weighted by atomic mass is 15.0. The van der Waals surface area contributed by atoms with Crippen molar-refractivity contribution in [1.82, 2.24) is 5.32 Å². The van der Waals surface area contributed by atoms with E-state index < -0.39 is 0 Å². The molecule has 12 heavy (non-hydrogen) atoms. The van der Waals surface area contributed by atoms with Crippen molar-refractivity contribution in [2.24, 2.45) is 10.8 Å². The molecule has 0 aromatic heterocycles. The second kappa shape index (κ2) is 3.37. The molecule has 1 aliphatic rings. The average molecular weight is 169 g/mol. The van der Waals surface area contributed by atoms with Crippen LogP contribution in [0.15, 0.2) is 0 Å². The SMILES string of the molecule is CCC(C)(C)CCC1(C)CNC1. The van der Waals surface area contributed by atoms with Gasteiger partial charge in [-0.1, -0.05) is 34.1 Å². The highest BCUT2D eigenvalue weighted by Gasteiger charge is 2.32. The van der Waals surface area contributed by atoms with E-state index in [1.807, 2.05) is 0 Å². The monoisotopic (exact) mass is 169 g/mol. The van der Waals surface area contributed by atoms with E-state index in [1.165, 1.54) is 32.4 Å². The molecule has 1 saturated heterocycles. The van der Waals surface area contributed by atoms with Crippen molar-refractivity contribution in [1.29, 1.82) is 0 Å². The zero-order valence-electron chi connectivity index (χ0n) is 9.04. The van der Waals surface area contributed by atoms with Gasteiger partial charge in [0.2, 0.25) is 0 Å². The van der Waals surface area contributed by atoms with Crippen LogP contribution in [0.5, 0.6) is 0 Å². The van der Waals surface area contributed by atoms with Crippen molar-refractivity contribution >= 4 is 0 Å². The van der Waals surface area contributed by atoms with Gasteiger partial charge in [0.1, 0.15) is 0 Å². The Morgan fingerprint density at radius 1 is 1.33 bits per heavy atom. The fourth-order valence-electron chi connectivity index (χ4n) is 1.55. The molecule has 0 saturated carbocycles. The molecule has 0 spiro atoms. The van der Waals surface area contributed by atoms with Gasteiger partial charge in [-0.3, -0.25) is 0 Å². The largest absolute Gasteiger partial charge is 0.316 e. The van der Waals surface area contributed by atoms with Crippen LogP contribution < -0.4 is 5.32 Å². The topological polar surface area (TPSA) is 12.0 Å². The van der Waals surface area contributed by atoms with Gasteiger partial charge in [0.25, 0.3) is 0 Å². The normalized spacial score (nSPS) is 22.0. The van der Waals surface area contributed by atoms with E-state index in [1.54, 1.807) is 0 Å². The standard InChI is InChI=1S/C11H23N/c1-5-10(2,3)6-7-11(4)8-12-9-11/h12H,5-9H2,1-4H3. The van der Waals surface area contributed by atoms with Crippen molar-refractivity contribution in [3.63, 3.8) is 0 Å². The molecule has 0 aromatic carbocycles. The lowest BCUT2D eigenvalue weighted by molar-refractivity contribution is 0.145. The van der Waals surface area contributed by atoms with E-state index in [9.17, 15) is 0 Å². The minimum atomic E-state index is 0.554. The molecule has 1 nitrogen and oxygen atoms in total. The second-order valence-corrected chi connectivity index (χ2v) is 5.43. The highest BCUT2D eigenvalue weighted by molar-refractivity contribution is 4.89. The zero-order chi connectivity index (χ0) is 9.24. The third kappa shape index (κ3) is 2.48. The minimum absolute atomic E-state index is 0.554. The summed E-state index contributed by atoms with van der Waals surface area (Å²) < 4.78 is 0. The lowest BCUT2D eigenvalue weighted by atomic mass is 9.74. The summed E-state index contributed by atoms with van der Waals surface area (Å²) in [5.41, 5.74) is 1.17. The summed E-state index contributed by atoms with van der Waals surface area (Å²) in [7, 11) is 0. The summed E-state index contributed by atoms with van der Waals surface area (Å²) >= 11 is 0. The van der Waals surface area contributed by atoms with Gasteiger partial charge in [-0.15, -0.1) is 0 Å². The molecule has 1 fully saturated rings. The number of hydrogen-bond donors (Lipinski definition) is 1. The number of nitrogens with one attached hydrogen (secondary N) is 1. The highest BCUT2D eigenvalue weighted by Crippen LogP contribution is 2.35. The number of hydrogen-bond acceptors (Lipinski definition) is 1. The summed E-state index contributed by atoms with van der Waals surface area (Å²) in [6.45, 7) is 11.9. The lowest BCUT2D eigenvalue weighted by Gasteiger charge is -2.41. The van der Waals surface area contributed by atoms with E-state index in [0.29, 0.717) is 10.8 Å². The Balaban J connectivity index is 2.24. The predicted molar refractivity (Wildman–Crippen MR) is 54.3 cm³/mol. The summed E-state index contributed by atoms with van der Waals surface area (Å²) in [5, 5.41) is 3.36. The van der Waals surface area contributed by atoms with E-state index in [4.69, 9.17) is 0 Å². The molecule has 0 amide bonds. The Labute approximate surface area is 76.9 Å². The fourth-order valence-corrected chi connectivity index (χ4v) is 1.55. The van der Waals surface area contributed by atoms with Crippen LogP contribution in [0.3, 0.4) is 0 Å². The average Bonchev–Trinajstić information content (AvgIpc) is 1.98. The number of rotatable bonds is 4. The van der Waals surface area contributed by atoms with E-state index in [-0.39, 0.29) is 0 Å². The molecular weight excluding hydrogens is 146 g/mol. The first kappa shape index (κ1) is 10.0. The fraction of sp³-hybridized carbons (Fsp3) is 1.00. The summed E-state index contributed by atoms with van der Waals surface area (Å²) in [6.07, 6.45) is 4.07. The Hall–Kier alpha value is -0.0400. The quantitative estimate of drug-likeness (QED) is 0.682. The molecule has 0 aromatic rings. The molecular formula is C11H23N. The van der Waals surface area contributed by atoms with Crippen LogP contribution in [-0.2, 0) is 0 Å². The molecule has 0 bridgehead atoms. The van der Waals surface area contributed by atoms with E-state index in [2.05, 4.69) is 33.0 Å². The summed E-state index contributed by atoms with van der Waals surface area (Å²) in [5.74, 6) is 0. The smallest absolute Gasteiger partial charge is 0.00176 e. The first-order valence-corrected chi connectivity index (χ1v) is 5.18. The van der Waals surface area contributed by atoms with Gasteiger partial charge >= 0.3 is 0 Å². The maximum atomic E-state index is 3.36. The molecule has 0 atom stereocenters. The first-order chi connectivity index (χ1) is 5.47. The third-order valence-electron chi connectivity index (χ3n) is 3.47. The first-order valence-electron chi connectivity index (χ1n) is 5.18. The van der Waals surface area contributed by atoms with Crippen LogP contribution in [0.4, 0.5) is 0 Å². The maximum absolute atomic E-state index is 3.36. The Morgan fingerprint density at radius 2 is 1.92 bits per heavy atom. The molecule has 1 heteroatoms. The van der Waals surface area contributed by atoms with Gasteiger partial charge in [0, 0.05) is 13.1 Å². The Kier molecular flexibility index (Phi) is 2.82. The molecule has 0 unspecified atom stereocenters. The van der Waals surface area contributed by atoms with Gasteiger partial charge in [-0.05, 0) is 23.7 Å². The Morgan fingerprint density at radius 3 is 2.25 bits per heavy atom. The van der Waals surface area contributed by atoms with Gasteiger partial charge < -0.3 is 5.32 Å². The molecule has 1 aliphatic heterocycles. The molecule has 0 aliphatic carbocycles. The molecule has 1 N–H and O–H groups in total. The van der Waals surface area contributed by atoms with Crippen LogP contribution >= 0.6 is 0 Å². The van der Waals surface area contributed by atoms with E-state index in [0.717, 1.165) is 0 Å². The maximum Gasteiger partial charge on any atom is 0.00176 e. The van der Waals surface area contributed by atoms with Crippen molar-refractivity contribution in [2.75, 3.05) is 13.1 Å². The zero-order valence-corrected chi connectivity index (χ0v) is 9.04. The van der Waals surface area contributed by atoms with Gasteiger partial charge in [0.15, 0.2) is 0 Å². The third-order valence-corrected chi connectivity index (χ3v) is 3.47. The predicted octanol–water partition coefficient (Wildman–Crippen LogP) is 2.81. The summed E-state index contributed by atoms with van der Waals surface area (Å²) in [6, 6.07) is 0. The second-order valence-electron chi connectivity index (χ2n) is 5.43. The van der Waals surface area contributed by atoms with Crippen LogP contribution in [-0.4, -0.2) is 13.1 Å². The summed E-state index contributed by atoms with van der Waals surface area (Å²) in [4.78, 5) is 0. The van der Waals surface area contributed by atoms with Crippen LogP contribution in [0.2, 0.25) is 0 Å². The van der Waals surface area contributed by atoms with Gasteiger partial charge in [0.05, 0.1) is 0 Å². The molecule has 0 radical (unpaired) electrons. The van der Waals surface area contributed by atoms with Gasteiger partial charge in [-0.25, -0.2) is 0 Å².